The van der Waals surface area contributed by atoms with Gasteiger partial charge in [0.05, 0.1) is 5.69 Å². The largest absolute Gasteiger partial charge is 0.233 e. The molecule has 2 heterocycles. The molecule has 0 unspecified atom stereocenters. The van der Waals surface area contributed by atoms with Crippen LogP contribution >= 0.6 is 11.6 Å². The second-order valence-corrected chi connectivity index (χ2v) is 5.76. The van der Waals surface area contributed by atoms with E-state index in [-0.39, 0.29) is 5.41 Å². The predicted octanol–water partition coefficient (Wildman–Crippen LogP) is 3.63. The summed E-state index contributed by atoms with van der Waals surface area (Å²) in [5.74, 6) is 0. The molecule has 2 aromatic heterocycles. The number of hydrogen-bond donors (Lipinski definition) is 0. The maximum atomic E-state index is 6.22. The first-order valence-electron chi connectivity index (χ1n) is 5.97. The Morgan fingerprint density at radius 1 is 1.29 bits per heavy atom. The monoisotopic (exact) mass is 251 g/mol. The van der Waals surface area contributed by atoms with E-state index in [1.54, 1.807) is 4.52 Å². The molecule has 0 radical (unpaired) electrons. The summed E-state index contributed by atoms with van der Waals surface area (Å²) in [5.41, 5.74) is 2.90. The van der Waals surface area contributed by atoms with Crippen LogP contribution in [0.25, 0.3) is 5.65 Å². The minimum absolute atomic E-state index is 0.0158. The van der Waals surface area contributed by atoms with Crippen LogP contribution in [0.4, 0.5) is 0 Å². The van der Waals surface area contributed by atoms with Gasteiger partial charge in [-0.15, -0.1) is 0 Å². The van der Waals surface area contributed by atoms with Crippen LogP contribution in [-0.4, -0.2) is 14.6 Å². The highest BCUT2D eigenvalue weighted by Gasteiger charge is 2.19. The average molecular weight is 252 g/mol. The van der Waals surface area contributed by atoms with E-state index >= 15 is 0 Å². The zero-order valence-electron chi connectivity index (χ0n) is 10.8. The van der Waals surface area contributed by atoms with E-state index in [4.69, 9.17) is 11.6 Å². The van der Waals surface area contributed by atoms with Gasteiger partial charge in [0.2, 0.25) is 0 Å². The van der Waals surface area contributed by atoms with E-state index in [0.29, 0.717) is 5.15 Å². The molecule has 2 aromatic rings. The van der Waals surface area contributed by atoms with Crippen molar-refractivity contribution in [3.8, 4) is 0 Å². The van der Waals surface area contributed by atoms with Gasteiger partial charge >= 0.3 is 0 Å². The van der Waals surface area contributed by atoms with Gasteiger partial charge in [0.15, 0.2) is 5.65 Å². The molecule has 0 saturated heterocycles. The van der Waals surface area contributed by atoms with Crippen LogP contribution < -0.4 is 0 Å². The van der Waals surface area contributed by atoms with Gasteiger partial charge in [-0.05, 0) is 12.5 Å². The maximum absolute atomic E-state index is 6.22. The molecule has 0 bridgehead atoms. The molecule has 92 valence electrons. The molecule has 0 N–H and O–H groups in total. The molecule has 0 atom stereocenters. The topological polar surface area (TPSA) is 30.2 Å². The third-order valence-electron chi connectivity index (χ3n) is 2.71. The highest BCUT2D eigenvalue weighted by Crippen LogP contribution is 2.23. The van der Waals surface area contributed by atoms with Gasteiger partial charge in [-0.1, -0.05) is 45.7 Å². The highest BCUT2D eigenvalue weighted by molar-refractivity contribution is 6.29. The van der Waals surface area contributed by atoms with Crippen LogP contribution in [0.15, 0.2) is 12.1 Å². The Labute approximate surface area is 107 Å². The second kappa shape index (κ2) is 4.30. The van der Waals surface area contributed by atoms with Crippen molar-refractivity contribution < 1.29 is 0 Å². The zero-order chi connectivity index (χ0) is 12.6. The second-order valence-electron chi connectivity index (χ2n) is 5.37. The van der Waals surface area contributed by atoms with Gasteiger partial charge in [0.25, 0.3) is 0 Å². The Bertz CT molecular complexity index is 537. The van der Waals surface area contributed by atoms with Crippen molar-refractivity contribution in [3.05, 3.63) is 28.7 Å². The quantitative estimate of drug-likeness (QED) is 0.763. The number of rotatable bonds is 2. The Hall–Kier alpha value is -1.09. The molecule has 0 aliphatic heterocycles. The zero-order valence-corrected chi connectivity index (χ0v) is 11.5. The number of nitrogens with zero attached hydrogens (tertiary/aromatic N) is 3. The van der Waals surface area contributed by atoms with Gasteiger partial charge in [0.1, 0.15) is 5.15 Å². The molecule has 17 heavy (non-hydrogen) atoms. The minimum atomic E-state index is 0.0158. The SMILES string of the molecule is CCCc1cc(Cl)n2nc(C(C)(C)C)cc2n1. The summed E-state index contributed by atoms with van der Waals surface area (Å²) < 4.78 is 1.71. The molecule has 0 saturated carbocycles. The number of aryl methyl sites for hydroxylation is 1. The van der Waals surface area contributed by atoms with Gasteiger partial charge in [0, 0.05) is 17.2 Å². The number of hydrogen-bond acceptors (Lipinski definition) is 2. The van der Waals surface area contributed by atoms with Crippen molar-refractivity contribution in [2.75, 3.05) is 0 Å². The molecule has 2 rings (SSSR count). The van der Waals surface area contributed by atoms with Crippen LogP contribution in [0, 0.1) is 0 Å². The molecule has 0 fully saturated rings. The fourth-order valence-corrected chi connectivity index (χ4v) is 1.99. The standard InChI is InChI=1S/C13H18ClN3/c1-5-6-9-7-11(14)17-12(15-9)8-10(16-17)13(2,3)4/h7-8H,5-6H2,1-4H3. The summed E-state index contributed by atoms with van der Waals surface area (Å²) in [6, 6.07) is 3.92. The molecule has 0 spiro atoms. The first kappa shape index (κ1) is 12.4. The third-order valence-corrected chi connectivity index (χ3v) is 2.98. The molecule has 3 nitrogen and oxygen atoms in total. The molecule has 0 aromatic carbocycles. The predicted molar refractivity (Wildman–Crippen MR) is 70.7 cm³/mol. The van der Waals surface area contributed by atoms with Crippen molar-refractivity contribution in [3.63, 3.8) is 0 Å². The lowest BCUT2D eigenvalue weighted by atomic mass is 9.93. The Morgan fingerprint density at radius 2 is 2.00 bits per heavy atom. The van der Waals surface area contributed by atoms with E-state index in [1.165, 1.54) is 0 Å². The molecule has 0 amide bonds. The fraction of sp³-hybridized carbons (Fsp3) is 0.538. The first-order valence-corrected chi connectivity index (χ1v) is 6.35. The summed E-state index contributed by atoms with van der Waals surface area (Å²) in [5, 5.41) is 5.14. The molecule has 0 aliphatic carbocycles. The number of fused-ring (bicyclic) bond motifs is 1. The van der Waals surface area contributed by atoms with E-state index in [2.05, 4.69) is 37.8 Å². The molecule has 4 heteroatoms. The minimum Gasteiger partial charge on any atom is -0.233 e. The summed E-state index contributed by atoms with van der Waals surface area (Å²) in [6.07, 6.45) is 2.02. The molecular formula is C13H18ClN3. The maximum Gasteiger partial charge on any atom is 0.157 e. The van der Waals surface area contributed by atoms with Crippen molar-refractivity contribution >= 4 is 17.2 Å². The van der Waals surface area contributed by atoms with Gasteiger partial charge in [-0.25, -0.2) is 9.50 Å². The Morgan fingerprint density at radius 3 is 2.59 bits per heavy atom. The van der Waals surface area contributed by atoms with Crippen LogP contribution in [0.3, 0.4) is 0 Å². The molecule has 0 aliphatic rings. The Balaban J connectivity index is 2.57. The summed E-state index contributed by atoms with van der Waals surface area (Å²) >= 11 is 6.22. The van der Waals surface area contributed by atoms with Crippen molar-refractivity contribution in [1.82, 2.24) is 14.6 Å². The van der Waals surface area contributed by atoms with Gasteiger partial charge in [-0.3, -0.25) is 0 Å². The van der Waals surface area contributed by atoms with E-state index < -0.39 is 0 Å². The van der Waals surface area contributed by atoms with Crippen molar-refractivity contribution in [2.45, 2.75) is 46.0 Å². The third kappa shape index (κ3) is 2.44. The Kier molecular flexibility index (Phi) is 3.13. The van der Waals surface area contributed by atoms with Crippen molar-refractivity contribution in [2.24, 2.45) is 0 Å². The summed E-state index contributed by atoms with van der Waals surface area (Å²) in [4.78, 5) is 4.58. The number of aromatic nitrogens is 3. The normalized spacial score (nSPS) is 12.3. The lowest BCUT2D eigenvalue weighted by molar-refractivity contribution is 0.562. The van der Waals surface area contributed by atoms with Crippen LogP contribution in [0.5, 0.6) is 0 Å². The van der Waals surface area contributed by atoms with E-state index in [9.17, 15) is 0 Å². The summed E-state index contributed by atoms with van der Waals surface area (Å²) in [6.45, 7) is 8.54. The van der Waals surface area contributed by atoms with Gasteiger partial charge < -0.3 is 0 Å². The van der Waals surface area contributed by atoms with Crippen molar-refractivity contribution in [1.29, 1.82) is 0 Å². The fourth-order valence-electron chi connectivity index (χ4n) is 1.74. The van der Waals surface area contributed by atoms with E-state index in [0.717, 1.165) is 29.9 Å². The average Bonchev–Trinajstić information content (AvgIpc) is 2.61. The molecular weight excluding hydrogens is 234 g/mol. The van der Waals surface area contributed by atoms with Gasteiger partial charge in [-0.2, -0.15) is 5.10 Å². The first-order chi connectivity index (χ1) is 7.91. The number of halogens is 1. The van der Waals surface area contributed by atoms with Crippen LogP contribution in [0.2, 0.25) is 5.15 Å². The lowest BCUT2D eigenvalue weighted by Crippen LogP contribution is -2.11. The van der Waals surface area contributed by atoms with Crippen LogP contribution in [-0.2, 0) is 11.8 Å². The van der Waals surface area contributed by atoms with Crippen LogP contribution in [0.1, 0.15) is 45.5 Å². The smallest absolute Gasteiger partial charge is 0.157 e. The van der Waals surface area contributed by atoms with E-state index in [1.807, 2.05) is 12.1 Å². The highest BCUT2D eigenvalue weighted by atomic mass is 35.5. The lowest BCUT2D eigenvalue weighted by Gasteiger charge is -2.13. The summed E-state index contributed by atoms with van der Waals surface area (Å²) in [7, 11) is 0.